The first-order valence-electron chi connectivity index (χ1n) is 0. The first-order chi connectivity index (χ1) is 0. The van der Waals surface area contributed by atoms with Crippen LogP contribution in [0.3, 0.4) is 0 Å². The van der Waals surface area contributed by atoms with E-state index in [4.69, 9.17) is 0 Å². The second-order valence-electron chi connectivity index (χ2n) is 0. The fourth-order valence-corrected chi connectivity index (χ4v) is 0. The van der Waals surface area contributed by atoms with Crippen molar-refractivity contribution in [2.24, 2.45) is 0 Å². The van der Waals surface area contributed by atoms with E-state index in [0.29, 0.717) is 0 Å². The molecule has 0 rings (SSSR count). The third kappa shape index (κ3) is 51.2. The Morgan fingerprint density at radius 1 is 0.375 bits per heavy atom. The van der Waals surface area contributed by atoms with Gasteiger partial charge < -0.3 is 0 Å². The van der Waals surface area contributed by atoms with Crippen molar-refractivity contribution < 1.29 is 19.5 Å². The van der Waals surface area contributed by atoms with E-state index in [0.717, 1.165) is 0 Å². The Kier molecular flexibility index (Phi) is 803. The van der Waals surface area contributed by atoms with Gasteiger partial charge >= 0.3 is 48.9 Å². The maximum atomic E-state index is 0. The summed E-state index contributed by atoms with van der Waals surface area (Å²) in [5.41, 5.74) is 0. The zero-order valence-electron chi connectivity index (χ0n) is 2.78. The molecule has 0 atom stereocenters. The van der Waals surface area contributed by atoms with Gasteiger partial charge in [0.1, 0.15) is 0 Å². The predicted molar refractivity (Wildman–Crippen MR) is 52.0 cm³/mol. The Hall–Kier alpha value is 3.93. The molecule has 0 spiro atoms. The molecule has 0 bridgehead atoms. The average Bonchev–Trinajstić information content (AvgIpc) is 0. The fraction of sp³-hybridized carbons (Fsp3) is 0. The molecule has 0 aliphatic heterocycles. The standard InChI is InChI=1S/Ba.6ClH.Rh.2H/h;6*1H;;;. The zero-order valence-corrected chi connectivity index (χ0v) is 9.32. The molecule has 0 amide bonds. The molecule has 0 aromatic rings. The molecule has 8 heteroatoms. The van der Waals surface area contributed by atoms with Crippen LogP contribution in [-0.4, -0.2) is 48.9 Å². The van der Waals surface area contributed by atoms with Crippen molar-refractivity contribution >= 4 is 123 Å². The molecule has 0 aromatic heterocycles. The van der Waals surface area contributed by atoms with E-state index in [1.807, 2.05) is 0 Å². The normalized spacial score (nSPS) is 0. The SMILES string of the molecule is Cl.Cl.Cl.Cl.Cl.Cl.[BaH2].[Rh]. The molecule has 1 radical (unpaired) electrons. The van der Waals surface area contributed by atoms with Crippen LogP contribution in [0.5, 0.6) is 0 Å². The summed E-state index contributed by atoms with van der Waals surface area (Å²) in [6, 6.07) is 0. The molecular formula is H8BaCl6Rh. The molecule has 0 fully saturated rings. The molecular weight excluding hydrogens is 453 g/mol. The minimum absolute atomic E-state index is 0. The molecule has 0 N–H and O–H groups in total. The third-order valence-corrected chi connectivity index (χ3v) is 0. The summed E-state index contributed by atoms with van der Waals surface area (Å²) < 4.78 is 0. The maximum absolute atomic E-state index is 0. The largest absolute Gasteiger partial charge is 0 e. The van der Waals surface area contributed by atoms with Crippen molar-refractivity contribution in [2.75, 3.05) is 0 Å². The molecule has 0 aliphatic carbocycles. The van der Waals surface area contributed by atoms with Gasteiger partial charge in [0.25, 0.3) is 0 Å². The predicted octanol–water partition coefficient (Wildman–Crippen LogP) is 1.61. The van der Waals surface area contributed by atoms with Crippen molar-refractivity contribution in [3.05, 3.63) is 0 Å². The number of hydrogen-bond donors (Lipinski definition) is 0. The molecule has 61 valence electrons. The molecule has 0 nitrogen and oxygen atoms in total. The fourth-order valence-electron chi connectivity index (χ4n) is 0. The smallest absolute Gasteiger partial charge is 0 e. The Balaban J connectivity index is 0. The average molecular weight is 461 g/mol. The molecule has 0 unspecified atom stereocenters. The van der Waals surface area contributed by atoms with Crippen LogP contribution in [0.4, 0.5) is 0 Å². The second kappa shape index (κ2) is 69.7. The van der Waals surface area contributed by atoms with Crippen LogP contribution < -0.4 is 0 Å². The molecule has 0 heterocycles. The van der Waals surface area contributed by atoms with E-state index in [2.05, 4.69) is 0 Å². The van der Waals surface area contributed by atoms with Crippen molar-refractivity contribution in [2.45, 2.75) is 0 Å². The van der Waals surface area contributed by atoms with Gasteiger partial charge in [-0.2, -0.15) is 0 Å². The summed E-state index contributed by atoms with van der Waals surface area (Å²) >= 11 is 0. The van der Waals surface area contributed by atoms with Crippen LogP contribution in [0.25, 0.3) is 0 Å². The van der Waals surface area contributed by atoms with Gasteiger partial charge in [0.2, 0.25) is 0 Å². The van der Waals surface area contributed by atoms with E-state index in [1.165, 1.54) is 0 Å². The van der Waals surface area contributed by atoms with Crippen molar-refractivity contribution in [1.82, 2.24) is 0 Å². The molecule has 8 heavy (non-hydrogen) atoms. The molecule has 0 aromatic carbocycles. The van der Waals surface area contributed by atoms with Gasteiger partial charge in [-0.1, -0.05) is 0 Å². The minimum Gasteiger partial charge on any atom is 0 e. The summed E-state index contributed by atoms with van der Waals surface area (Å²) in [5.74, 6) is 0. The zero-order chi connectivity index (χ0) is 0. The Morgan fingerprint density at radius 3 is 0.375 bits per heavy atom. The Labute approximate surface area is 140 Å². The van der Waals surface area contributed by atoms with E-state index < -0.39 is 0 Å². The van der Waals surface area contributed by atoms with Crippen LogP contribution in [0.1, 0.15) is 0 Å². The number of hydrogen-bond acceptors (Lipinski definition) is 0. The van der Waals surface area contributed by atoms with Gasteiger partial charge in [0.05, 0.1) is 0 Å². The summed E-state index contributed by atoms with van der Waals surface area (Å²) in [5, 5.41) is 0. The molecule has 0 saturated carbocycles. The van der Waals surface area contributed by atoms with Crippen LogP contribution in [-0.2, 0) is 19.5 Å². The first kappa shape index (κ1) is 92.2. The van der Waals surface area contributed by atoms with Gasteiger partial charge in [0, 0.05) is 19.5 Å². The van der Waals surface area contributed by atoms with Gasteiger partial charge in [0.15, 0.2) is 0 Å². The Morgan fingerprint density at radius 2 is 0.375 bits per heavy atom. The van der Waals surface area contributed by atoms with Crippen LogP contribution in [0.15, 0.2) is 0 Å². The van der Waals surface area contributed by atoms with Gasteiger partial charge in [-0.05, 0) is 0 Å². The van der Waals surface area contributed by atoms with Crippen LogP contribution in [0, 0.1) is 0 Å². The van der Waals surface area contributed by atoms with Crippen molar-refractivity contribution in [1.29, 1.82) is 0 Å². The Bertz CT molecular complexity index is 8.49. The van der Waals surface area contributed by atoms with E-state index in [-0.39, 0.29) is 143 Å². The monoisotopic (exact) mass is 459 g/mol. The molecule has 0 aliphatic rings. The van der Waals surface area contributed by atoms with Crippen LogP contribution >= 0.6 is 74.4 Å². The number of rotatable bonds is 0. The molecule has 0 saturated heterocycles. The van der Waals surface area contributed by atoms with Gasteiger partial charge in [-0.15, -0.1) is 74.4 Å². The van der Waals surface area contributed by atoms with Crippen LogP contribution in [0.2, 0.25) is 0 Å². The van der Waals surface area contributed by atoms with Gasteiger partial charge in [-0.3, -0.25) is 0 Å². The number of halogens is 6. The topological polar surface area (TPSA) is 0 Å². The summed E-state index contributed by atoms with van der Waals surface area (Å²) in [6.07, 6.45) is 0. The van der Waals surface area contributed by atoms with E-state index in [9.17, 15) is 0 Å². The first-order valence-corrected chi connectivity index (χ1v) is 0. The maximum Gasteiger partial charge on any atom is 0 e. The summed E-state index contributed by atoms with van der Waals surface area (Å²) in [6.45, 7) is 0. The van der Waals surface area contributed by atoms with Gasteiger partial charge in [-0.25, -0.2) is 0 Å². The summed E-state index contributed by atoms with van der Waals surface area (Å²) in [4.78, 5) is 0. The quantitative estimate of drug-likeness (QED) is 0.482. The third-order valence-electron chi connectivity index (χ3n) is 0. The van der Waals surface area contributed by atoms with E-state index >= 15 is 0 Å². The summed E-state index contributed by atoms with van der Waals surface area (Å²) in [7, 11) is 0. The minimum atomic E-state index is 0. The van der Waals surface area contributed by atoms with Crippen molar-refractivity contribution in [3.63, 3.8) is 0 Å². The second-order valence-corrected chi connectivity index (χ2v) is 0. The van der Waals surface area contributed by atoms with Crippen molar-refractivity contribution in [3.8, 4) is 0 Å². The van der Waals surface area contributed by atoms with E-state index in [1.54, 1.807) is 0 Å².